The van der Waals surface area contributed by atoms with Crippen molar-refractivity contribution in [2.45, 2.75) is 0 Å². The van der Waals surface area contributed by atoms with Gasteiger partial charge >= 0.3 is 0 Å². The van der Waals surface area contributed by atoms with E-state index in [2.05, 4.69) is 9.97 Å². The minimum atomic E-state index is 0.282. The maximum Gasteiger partial charge on any atom is 0.162 e. The quantitative estimate of drug-likeness (QED) is 0.349. The number of nitrogens with one attached hydrogen (secondary N) is 1. The van der Waals surface area contributed by atoms with Crippen LogP contribution in [0.4, 0.5) is 5.82 Å². The van der Waals surface area contributed by atoms with Crippen molar-refractivity contribution in [2.75, 3.05) is 5.06 Å². The van der Waals surface area contributed by atoms with Gasteiger partial charge in [0, 0.05) is 12.3 Å². The van der Waals surface area contributed by atoms with Crippen LogP contribution in [0.15, 0.2) is 18.6 Å². The molecule has 1 heterocycles. The fourth-order valence-electron chi connectivity index (χ4n) is 0.485. The van der Waals surface area contributed by atoms with Crippen LogP contribution in [-0.2, 0) is 0 Å². The third-order valence-corrected chi connectivity index (χ3v) is 0.923. The van der Waals surface area contributed by atoms with Crippen molar-refractivity contribution in [1.29, 1.82) is 5.41 Å². The molecule has 0 aliphatic carbocycles. The van der Waals surface area contributed by atoms with Gasteiger partial charge in [-0.1, -0.05) is 0 Å². The van der Waals surface area contributed by atoms with Crippen LogP contribution in [0.3, 0.4) is 0 Å². The first-order chi connectivity index (χ1) is 4.84. The van der Waals surface area contributed by atoms with E-state index in [1.54, 1.807) is 0 Å². The lowest BCUT2D eigenvalue weighted by Gasteiger charge is -2.05. The normalized spacial score (nSPS) is 8.90. The van der Waals surface area contributed by atoms with Gasteiger partial charge in [-0.15, -0.1) is 0 Å². The third kappa shape index (κ3) is 1.26. The van der Waals surface area contributed by atoms with Crippen molar-refractivity contribution in [3.63, 3.8) is 0 Å². The molecule has 0 amide bonds. The Labute approximate surface area is 57.4 Å². The fourth-order valence-corrected chi connectivity index (χ4v) is 0.485. The molecule has 0 aliphatic rings. The van der Waals surface area contributed by atoms with E-state index in [0.717, 1.165) is 6.34 Å². The van der Waals surface area contributed by atoms with Crippen molar-refractivity contribution in [2.24, 2.45) is 0 Å². The van der Waals surface area contributed by atoms with E-state index in [1.807, 2.05) is 0 Å². The van der Waals surface area contributed by atoms with Gasteiger partial charge in [0.1, 0.15) is 12.7 Å². The van der Waals surface area contributed by atoms with Gasteiger partial charge in [0.25, 0.3) is 0 Å². The summed E-state index contributed by atoms with van der Waals surface area (Å²) in [6.45, 7) is 0. The summed E-state index contributed by atoms with van der Waals surface area (Å²) >= 11 is 0. The predicted molar refractivity (Wildman–Crippen MR) is 35.1 cm³/mol. The van der Waals surface area contributed by atoms with Crippen LogP contribution >= 0.6 is 0 Å². The van der Waals surface area contributed by atoms with Gasteiger partial charge in [-0.2, -0.15) is 5.06 Å². The maximum absolute atomic E-state index is 8.83. The number of aromatic nitrogens is 2. The maximum atomic E-state index is 8.83. The molecule has 0 aromatic carbocycles. The summed E-state index contributed by atoms with van der Waals surface area (Å²) in [6, 6.07) is 1.49. The molecule has 1 rings (SSSR count). The summed E-state index contributed by atoms with van der Waals surface area (Å²) in [7, 11) is 0. The van der Waals surface area contributed by atoms with Gasteiger partial charge < -0.3 is 0 Å². The smallest absolute Gasteiger partial charge is 0.162 e. The first kappa shape index (κ1) is 6.63. The molecule has 0 saturated heterocycles. The summed E-state index contributed by atoms with van der Waals surface area (Å²) in [5, 5.41) is 16.1. The van der Waals surface area contributed by atoms with Gasteiger partial charge in [0.15, 0.2) is 5.82 Å². The molecule has 5 heteroatoms. The zero-order chi connectivity index (χ0) is 7.40. The second-order valence-electron chi connectivity index (χ2n) is 1.54. The Bertz CT molecular complexity index is 212. The second kappa shape index (κ2) is 2.88. The zero-order valence-corrected chi connectivity index (χ0v) is 5.10. The monoisotopic (exact) mass is 138 g/mol. The van der Waals surface area contributed by atoms with Crippen LogP contribution in [0, 0.1) is 5.41 Å². The Hall–Kier alpha value is -1.49. The van der Waals surface area contributed by atoms with Crippen molar-refractivity contribution < 1.29 is 5.21 Å². The molecule has 1 aromatic heterocycles. The van der Waals surface area contributed by atoms with E-state index in [9.17, 15) is 0 Å². The van der Waals surface area contributed by atoms with Gasteiger partial charge in [-0.05, 0) is 0 Å². The van der Waals surface area contributed by atoms with E-state index in [-0.39, 0.29) is 5.82 Å². The average Bonchev–Trinajstić information content (AvgIpc) is 2.05. The lowest BCUT2D eigenvalue weighted by atomic mass is 10.6. The summed E-state index contributed by atoms with van der Waals surface area (Å²) in [6.07, 6.45) is 3.53. The Morgan fingerprint density at radius 2 is 2.50 bits per heavy atom. The van der Waals surface area contributed by atoms with Gasteiger partial charge in [0.2, 0.25) is 0 Å². The fraction of sp³-hybridized carbons (Fsp3) is 0. The van der Waals surface area contributed by atoms with Crippen LogP contribution in [0.25, 0.3) is 0 Å². The molecule has 0 unspecified atom stereocenters. The first-order valence-corrected chi connectivity index (χ1v) is 2.59. The highest BCUT2D eigenvalue weighted by Gasteiger charge is 1.96. The Balaban J connectivity index is 2.84. The van der Waals surface area contributed by atoms with Crippen molar-refractivity contribution in [3.8, 4) is 0 Å². The summed E-state index contributed by atoms with van der Waals surface area (Å²) < 4.78 is 0. The third-order valence-electron chi connectivity index (χ3n) is 0.923. The van der Waals surface area contributed by atoms with E-state index < -0.39 is 0 Å². The first-order valence-electron chi connectivity index (χ1n) is 2.59. The molecule has 0 radical (unpaired) electrons. The number of anilines is 1. The molecule has 0 spiro atoms. The van der Waals surface area contributed by atoms with Crippen molar-refractivity contribution in [1.82, 2.24) is 9.97 Å². The molecule has 1 aromatic rings. The molecule has 0 fully saturated rings. The second-order valence-corrected chi connectivity index (χ2v) is 1.54. The molecular weight excluding hydrogens is 132 g/mol. The minimum absolute atomic E-state index is 0.282. The summed E-state index contributed by atoms with van der Waals surface area (Å²) in [5.74, 6) is 0.282. The Morgan fingerprint density at radius 1 is 1.70 bits per heavy atom. The van der Waals surface area contributed by atoms with Gasteiger partial charge in [0.05, 0.1) is 0 Å². The van der Waals surface area contributed by atoms with Crippen LogP contribution in [0.1, 0.15) is 0 Å². The number of hydrogen-bond acceptors (Lipinski definition) is 4. The molecule has 0 atom stereocenters. The van der Waals surface area contributed by atoms with Gasteiger partial charge in [-0.3, -0.25) is 10.6 Å². The summed E-state index contributed by atoms with van der Waals surface area (Å²) in [5.41, 5.74) is 0. The highest BCUT2D eigenvalue weighted by atomic mass is 16.5. The lowest BCUT2D eigenvalue weighted by molar-refractivity contribution is 0.312. The molecule has 0 aliphatic heterocycles. The summed E-state index contributed by atoms with van der Waals surface area (Å²) in [4.78, 5) is 7.30. The topological polar surface area (TPSA) is 73.1 Å². The number of hydroxylamine groups is 1. The molecule has 10 heavy (non-hydrogen) atoms. The van der Waals surface area contributed by atoms with Crippen LogP contribution in [0.5, 0.6) is 0 Å². The molecule has 52 valence electrons. The lowest BCUT2D eigenvalue weighted by Crippen LogP contribution is -2.15. The highest BCUT2D eigenvalue weighted by molar-refractivity contribution is 5.70. The highest BCUT2D eigenvalue weighted by Crippen LogP contribution is 2.00. The minimum Gasteiger partial charge on any atom is -0.289 e. The van der Waals surface area contributed by atoms with E-state index in [1.165, 1.54) is 18.6 Å². The average molecular weight is 138 g/mol. The van der Waals surface area contributed by atoms with E-state index in [4.69, 9.17) is 10.6 Å². The van der Waals surface area contributed by atoms with E-state index >= 15 is 0 Å². The van der Waals surface area contributed by atoms with Crippen molar-refractivity contribution in [3.05, 3.63) is 18.6 Å². The van der Waals surface area contributed by atoms with Crippen LogP contribution in [0.2, 0.25) is 0 Å². The molecule has 0 bridgehead atoms. The number of hydrogen-bond donors (Lipinski definition) is 2. The Kier molecular flexibility index (Phi) is 1.91. The number of nitrogens with zero attached hydrogens (tertiary/aromatic N) is 3. The van der Waals surface area contributed by atoms with Crippen LogP contribution < -0.4 is 5.06 Å². The largest absolute Gasteiger partial charge is 0.289 e. The molecule has 2 N–H and O–H groups in total. The molecule has 5 nitrogen and oxygen atoms in total. The van der Waals surface area contributed by atoms with Gasteiger partial charge in [-0.25, -0.2) is 9.97 Å². The number of rotatable bonds is 2. The standard InChI is InChI=1S/C5H6N4O/c6-3-9(10)5-1-2-7-4-8-5/h1-4,6,10H. The van der Waals surface area contributed by atoms with Crippen molar-refractivity contribution >= 4 is 12.2 Å². The molecule has 0 saturated carbocycles. The Morgan fingerprint density at radius 3 is 3.00 bits per heavy atom. The SMILES string of the molecule is N=CN(O)c1ccncn1. The zero-order valence-electron chi connectivity index (χ0n) is 5.10. The van der Waals surface area contributed by atoms with Crippen LogP contribution in [-0.4, -0.2) is 21.5 Å². The van der Waals surface area contributed by atoms with E-state index in [0.29, 0.717) is 5.06 Å². The molecular formula is C5H6N4O. The predicted octanol–water partition coefficient (Wildman–Crippen LogP) is 0.279.